The quantitative estimate of drug-likeness (QED) is 0.379. The van der Waals surface area contributed by atoms with Crippen LogP contribution in [0.2, 0.25) is 0 Å². The largest absolute Gasteiger partial charge is 0.467 e. The number of benzene rings is 1. The first kappa shape index (κ1) is 16.4. The summed E-state index contributed by atoms with van der Waals surface area (Å²) in [4.78, 5) is 33.5. The maximum Gasteiger partial charge on any atom is 0.330 e. The van der Waals surface area contributed by atoms with Crippen molar-refractivity contribution in [2.45, 2.75) is 6.04 Å². The van der Waals surface area contributed by atoms with Crippen LogP contribution in [-0.2, 0) is 9.53 Å². The lowest BCUT2D eigenvalue weighted by molar-refractivity contribution is -0.384. The third-order valence-corrected chi connectivity index (χ3v) is 2.70. The van der Waals surface area contributed by atoms with Crippen LogP contribution >= 0.6 is 0 Å². The highest BCUT2D eigenvalue weighted by Crippen LogP contribution is 2.24. The molecule has 3 N–H and O–H groups in total. The Kier molecular flexibility index (Phi) is 5.61. The molecular weight excluding hydrogens is 282 g/mol. The van der Waals surface area contributed by atoms with E-state index in [-0.39, 0.29) is 16.9 Å². The number of aliphatic hydroxyl groups is 1. The van der Waals surface area contributed by atoms with E-state index in [0.717, 1.165) is 13.2 Å². The van der Waals surface area contributed by atoms with Crippen LogP contribution in [0, 0.1) is 10.1 Å². The van der Waals surface area contributed by atoms with Crippen molar-refractivity contribution in [2.75, 3.05) is 26.1 Å². The van der Waals surface area contributed by atoms with E-state index in [1.54, 1.807) is 0 Å². The van der Waals surface area contributed by atoms with E-state index in [1.165, 1.54) is 19.2 Å². The van der Waals surface area contributed by atoms with Gasteiger partial charge in [0.05, 0.1) is 18.6 Å². The van der Waals surface area contributed by atoms with Crippen LogP contribution in [0.5, 0.6) is 0 Å². The summed E-state index contributed by atoms with van der Waals surface area (Å²) < 4.78 is 4.41. The summed E-state index contributed by atoms with van der Waals surface area (Å²) in [6, 6.07) is 2.58. The van der Waals surface area contributed by atoms with Gasteiger partial charge in [-0.2, -0.15) is 0 Å². The van der Waals surface area contributed by atoms with Crippen LogP contribution in [0.4, 0.5) is 11.4 Å². The third kappa shape index (κ3) is 3.89. The van der Waals surface area contributed by atoms with Crippen molar-refractivity contribution in [3.05, 3.63) is 33.9 Å². The topological polar surface area (TPSA) is 131 Å². The second kappa shape index (κ2) is 7.20. The molecule has 0 aliphatic carbocycles. The predicted octanol–water partition coefficient (Wildman–Crippen LogP) is -0.0998. The molecule has 0 bridgehead atoms. The fraction of sp³-hybridized carbons (Fsp3) is 0.333. The zero-order valence-corrected chi connectivity index (χ0v) is 11.5. The molecule has 1 aromatic carbocycles. The predicted molar refractivity (Wildman–Crippen MR) is 73.0 cm³/mol. The fourth-order valence-corrected chi connectivity index (χ4v) is 1.60. The summed E-state index contributed by atoms with van der Waals surface area (Å²) in [6.07, 6.45) is 0. The fourth-order valence-electron chi connectivity index (χ4n) is 1.60. The Hall–Kier alpha value is -2.68. The number of amides is 1. The van der Waals surface area contributed by atoms with E-state index in [1.807, 2.05) is 0 Å². The van der Waals surface area contributed by atoms with Crippen molar-refractivity contribution in [2.24, 2.45) is 0 Å². The molecule has 0 aromatic heterocycles. The van der Waals surface area contributed by atoms with Gasteiger partial charge in [0.25, 0.3) is 11.6 Å². The van der Waals surface area contributed by atoms with Crippen LogP contribution < -0.4 is 10.6 Å². The number of hydrogen-bond donors (Lipinski definition) is 3. The Labute approximate surface area is 120 Å². The molecule has 9 nitrogen and oxygen atoms in total. The number of esters is 1. The summed E-state index contributed by atoms with van der Waals surface area (Å²) >= 11 is 0. The standard InChI is InChI=1S/C12H15N3O6/c1-13-8-4-3-7(5-10(8)15(19)20)11(17)14-9(6-16)12(18)21-2/h3-5,9,13,16H,6H2,1-2H3,(H,14,17)/t9-/m1/s1. The second-order valence-electron chi connectivity index (χ2n) is 3.97. The lowest BCUT2D eigenvalue weighted by Gasteiger charge is -2.14. The molecule has 0 heterocycles. The van der Waals surface area contributed by atoms with E-state index >= 15 is 0 Å². The minimum atomic E-state index is -1.23. The highest BCUT2D eigenvalue weighted by Gasteiger charge is 2.23. The SMILES string of the molecule is CNc1ccc(C(=O)N[C@H](CO)C(=O)OC)cc1[N+](=O)[O-]. The number of ether oxygens (including phenoxy) is 1. The van der Waals surface area contributed by atoms with E-state index in [4.69, 9.17) is 5.11 Å². The highest BCUT2D eigenvalue weighted by atomic mass is 16.6. The first-order chi connectivity index (χ1) is 9.94. The van der Waals surface area contributed by atoms with Gasteiger partial charge in [-0.15, -0.1) is 0 Å². The molecule has 0 saturated heterocycles. The summed E-state index contributed by atoms with van der Waals surface area (Å²) in [5.41, 5.74) is -0.0324. The van der Waals surface area contributed by atoms with Crippen LogP contribution in [0.15, 0.2) is 18.2 Å². The van der Waals surface area contributed by atoms with Crippen LogP contribution in [0.25, 0.3) is 0 Å². The number of aliphatic hydroxyl groups excluding tert-OH is 1. The Morgan fingerprint density at radius 3 is 2.62 bits per heavy atom. The van der Waals surface area contributed by atoms with Crippen molar-refractivity contribution in [1.29, 1.82) is 0 Å². The van der Waals surface area contributed by atoms with E-state index in [2.05, 4.69) is 15.4 Å². The molecule has 0 radical (unpaired) electrons. The molecule has 9 heteroatoms. The highest BCUT2D eigenvalue weighted by molar-refractivity contribution is 5.98. The lowest BCUT2D eigenvalue weighted by atomic mass is 10.1. The van der Waals surface area contributed by atoms with Gasteiger partial charge in [0, 0.05) is 18.7 Å². The van der Waals surface area contributed by atoms with Crippen molar-refractivity contribution in [3.8, 4) is 0 Å². The number of rotatable bonds is 6. The van der Waals surface area contributed by atoms with Gasteiger partial charge in [-0.25, -0.2) is 4.79 Å². The van der Waals surface area contributed by atoms with Gasteiger partial charge in [-0.3, -0.25) is 14.9 Å². The molecule has 114 valence electrons. The number of nitro groups is 1. The summed E-state index contributed by atoms with van der Waals surface area (Å²) in [6.45, 7) is -0.644. The number of carbonyl (C=O) groups is 2. The van der Waals surface area contributed by atoms with Gasteiger partial charge < -0.3 is 20.5 Å². The number of nitrogens with zero attached hydrogens (tertiary/aromatic N) is 1. The Balaban J connectivity index is 3.00. The second-order valence-corrected chi connectivity index (χ2v) is 3.97. The average molecular weight is 297 g/mol. The number of methoxy groups -OCH3 is 1. The van der Waals surface area contributed by atoms with E-state index in [9.17, 15) is 19.7 Å². The van der Waals surface area contributed by atoms with E-state index in [0.29, 0.717) is 0 Å². The monoisotopic (exact) mass is 297 g/mol. The molecule has 0 unspecified atom stereocenters. The molecule has 1 amide bonds. The Morgan fingerprint density at radius 1 is 1.48 bits per heavy atom. The van der Waals surface area contributed by atoms with Crippen molar-refractivity contribution < 1.29 is 24.4 Å². The summed E-state index contributed by atoms with van der Waals surface area (Å²) in [5, 5.41) is 24.8. The lowest BCUT2D eigenvalue weighted by Crippen LogP contribution is -2.44. The van der Waals surface area contributed by atoms with Gasteiger partial charge in [0.2, 0.25) is 0 Å². The molecule has 0 aliphatic heterocycles. The van der Waals surface area contributed by atoms with Crippen molar-refractivity contribution in [1.82, 2.24) is 5.32 Å². The number of hydrogen-bond acceptors (Lipinski definition) is 7. The number of anilines is 1. The van der Waals surface area contributed by atoms with Gasteiger partial charge in [-0.1, -0.05) is 0 Å². The molecular formula is C12H15N3O6. The molecule has 0 aliphatic rings. The summed E-state index contributed by atoms with van der Waals surface area (Å²) in [7, 11) is 2.63. The van der Waals surface area contributed by atoms with Gasteiger partial charge in [0.15, 0.2) is 6.04 Å². The summed E-state index contributed by atoms with van der Waals surface area (Å²) in [5.74, 6) is -1.54. The third-order valence-electron chi connectivity index (χ3n) is 2.70. The molecule has 21 heavy (non-hydrogen) atoms. The number of carbonyl (C=O) groups excluding carboxylic acids is 2. The number of nitro benzene ring substituents is 1. The minimum absolute atomic E-state index is 0.0111. The van der Waals surface area contributed by atoms with Crippen LogP contribution in [0.3, 0.4) is 0 Å². The number of nitrogens with one attached hydrogen (secondary N) is 2. The van der Waals surface area contributed by atoms with Crippen LogP contribution in [-0.4, -0.2) is 48.7 Å². The smallest absolute Gasteiger partial charge is 0.330 e. The molecule has 1 aromatic rings. The van der Waals surface area contributed by atoms with Gasteiger partial charge in [-0.05, 0) is 12.1 Å². The minimum Gasteiger partial charge on any atom is -0.467 e. The first-order valence-electron chi connectivity index (χ1n) is 5.90. The first-order valence-corrected chi connectivity index (χ1v) is 5.90. The average Bonchev–Trinajstić information content (AvgIpc) is 2.50. The Bertz CT molecular complexity index is 560. The zero-order valence-electron chi connectivity index (χ0n) is 11.5. The zero-order chi connectivity index (χ0) is 16.0. The normalized spacial score (nSPS) is 11.4. The van der Waals surface area contributed by atoms with Crippen molar-refractivity contribution >= 4 is 23.3 Å². The molecule has 1 rings (SSSR count). The van der Waals surface area contributed by atoms with Gasteiger partial charge >= 0.3 is 5.97 Å². The molecule has 0 fully saturated rings. The van der Waals surface area contributed by atoms with Crippen LogP contribution in [0.1, 0.15) is 10.4 Å². The van der Waals surface area contributed by atoms with Gasteiger partial charge in [0.1, 0.15) is 5.69 Å². The molecule has 1 atom stereocenters. The van der Waals surface area contributed by atoms with E-state index < -0.39 is 29.4 Å². The molecule has 0 saturated carbocycles. The van der Waals surface area contributed by atoms with Crippen molar-refractivity contribution in [3.63, 3.8) is 0 Å². The maximum absolute atomic E-state index is 11.9. The Morgan fingerprint density at radius 2 is 2.14 bits per heavy atom. The maximum atomic E-state index is 11.9. The molecule has 0 spiro atoms.